The lowest BCUT2D eigenvalue weighted by atomic mass is 10.2. The molecule has 0 amide bonds. The number of halogens is 1. The highest BCUT2D eigenvalue weighted by Crippen LogP contribution is 2.26. The maximum atomic E-state index is 11.8. The quantitative estimate of drug-likeness (QED) is 0.679. The van der Waals surface area contributed by atoms with Crippen LogP contribution in [0.25, 0.3) is 17.0 Å². The molecule has 108 valence electrons. The van der Waals surface area contributed by atoms with E-state index in [9.17, 15) is 4.79 Å². The molecule has 3 aromatic rings. The fourth-order valence-corrected chi connectivity index (χ4v) is 2.38. The molecule has 0 spiro atoms. The molecule has 7 heteroatoms. The average molecular weight is 350 g/mol. The maximum absolute atomic E-state index is 11.8. The molecule has 0 saturated heterocycles. The molecule has 3 aromatic heterocycles. The highest BCUT2D eigenvalue weighted by molar-refractivity contribution is 9.10. The van der Waals surface area contributed by atoms with E-state index >= 15 is 0 Å². The summed E-state index contributed by atoms with van der Waals surface area (Å²) in [5, 5.41) is 4.17. The van der Waals surface area contributed by atoms with Crippen LogP contribution in [0.1, 0.15) is 23.2 Å². The Labute approximate surface area is 128 Å². The van der Waals surface area contributed by atoms with Gasteiger partial charge >= 0.3 is 5.97 Å². The van der Waals surface area contributed by atoms with Gasteiger partial charge < -0.3 is 9.15 Å². The number of carbonyl (C=O) groups is 1. The number of hydrogen-bond donors (Lipinski definition) is 0. The smallest absolute Gasteiger partial charge is 0.360 e. The van der Waals surface area contributed by atoms with Crippen molar-refractivity contribution in [2.75, 3.05) is 6.61 Å². The summed E-state index contributed by atoms with van der Waals surface area (Å²) in [5.74, 6) is 0.346. The van der Waals surface area contributed by atoms with Gasteiger partial charge in [-0.1, -0.05) is 0 Å². The van der Waals surface area contributed by atoms with Crippen molar-refractivity contribution in [2.24, 2.45) is 0 Å². The van der Waals surface area contributed by atoms with Crippen LogP contribution in [-0.2, 0) is 4.74 Å². The van der Waals surface area contributed by atoms with Gasteiger partial charge in [-0.3, -0.25) is 0 Å². The van der Waals surface area contributed by atoms with Crippen molar-refractivity contribution in [2.45, 2.75) is 13.8 Å². The molecule has 3 rings (SSSR count). The zero-order valence-corrected chi connectivity index (χ0v) is 13.0. The van der Waals surface area contributed by atoms with E-state index in [-0.39, 0.29) is 5.69 Å². The van der Waals surface area contributed by atoms with E-state index in [1.165, 1.54) is 0 Å². The summed E-state index contributed by atoms with van der Waals surface area (Å²) < 4.78 is 13.1. The molecular formula is C14H12BrN3O3. The molecule has 6 nitrogen and oxygen atoms in total. The van der Waals surface area contributed by atoms with E-state index in [0.717, 1.165) is 15.6 Å². The van der Waals surface area contributed by atoms with Crippen LogP contribution in [-0.4, -0.2) is 27.2 Å². The van der Waals surface area contributed by atoms with E-state index < -0.39 is 5.97 Å². The Morgan fingerprint density at radius 2 is 2.33 bits per heavy atom. The third-order valence-corrected chi connectivity index (χ3v) is 3.60. The van der Waals surface area contributed by atoms with E-state index in [4.69, 9.17) is 9.15 Å². The van der Waals surface area contributed by atoms with E-state index in [2.05, 4.69) is 26.0 Å². The fraction of sp³-hybridized carbons (Fsp3) is 0.214. The predicted octanol–water partition coefficient (Wildman–Crippen LogP) is 3.24. The summed E-state index contributed by atoms with van der Waals surface area (Å²) in [7, 11) is 0. The summed E-state index contributed by atoms with van der Waals surface area (Å²) in [6.45, 7) is 3.74. The number of nitrogens with zero attached hydrogens (tertiary/aromatic N) is 3. The number of oxazole rings is 1. The minimum atomic E-state index is -0.475. The molecule has 0 fully saturated rings. The van der Waals surface area contributed by atoms with Crippen LogP contribution in [0.5, 0.6) is 0 Å². The molecule has 0 aromatic carbocycles. The van der Waals surface area contributed by atoms with E-state index in [0.29, 0.717) is 18.3 Å². The lowest BCUT2D eigenvalue weighted by Gasteiger charge is -1.98. The van der Waals surface area contributed by atoms with Gasteiger partial charge in [0.25, 0.3) is 0 Å². The van der Waals surface area contributed by atoms with Gasteiger partial charge in [0.2, 0.25) is 5.89 Å². The van der Waals surface area contributed by atoms with Gasteiger partial charge in [-0.25, -0.2) is 14.3 Å². The van der Waals surface area contributed by atoms with Crippen molar-refractivity contribution in [1.29, 1.82) is 0 Å². The third kappa shape index (κ3) is 2.44. The second-order valence-corrected chi connectivity index (χ2v) is 5.24. The number of esters is 1. The Bertz CT molecular complexity index is 822. The zero-order valence-electron chi connectivity index (χ0n) is 11.5. The normalized spacial score (nSPS) is 11.0. The lowest BCUT2D eigenvalue weighted by Crippen LogP contribution is -2.06. The number of pyridine rings is 1. The monoisotopic (exact) mass is 349 g/mol. The number of carbonyl (C=O) groups excluding carboxylic acids is 1. The van der Waals surface area contributed by atoms with Crippen LogP contribution in [0.2, 0.25) is 0 Å². The van der Waals surface area contributed by atoms with Gasteiger partial charge in [0.05, 0.1) is 22.8 Å². The van der Waals surface area contributed by atoms with Gasteiger partial charge in [-0.2, -0.15) is 5.10 Å². The lowest BCUT2D eigenvalue weighted by molar-refractivity contribution is 0.0518. The predicted molar refractivity (Wildman–Crippen MR) is 79.1 cm³/mol. The number of ether oxygens (including phenoxy) is 1. The van der Waals surface area contributed by atoms with Crippen LogP contribution >= 0.6 is 15.9 Å². The van der Waals surface area contributed by atoms with Crippen LogP contribution in [0.4, 0.5) is 0 Å². The average Bonchev–Trinajstić information content (AvgIpc) is 3.03. The number of aromatic nitrogens is 3. The molecule has 0 aliphatic carbocycles. The van der Waals surface area contributed by atoms with Gasteiger partial charge in [0, 0.05) is 11.8 Å². The first-order valence-electron chi connectivity index (χ1n) is 6.38. The summed E-state index contributed by atoms with van der Waals surface area (Å²) >= 11 is 3.43. The number of fused-ring (bicyclic) bond motifs is 1. The van der Waals surface area contributed by atoms with Crippen molar-refractivity contribution in [3.05, 3.63) is 40.5 Å². The Kier molecular flexibility index (Phi) is 3.50. The summed E-state index contributed by atoms with van der Waals surface area (Å²) in [6, 6.07) is 3.71. The van der Waals surface area contributed by atoms with Crippen LogP contribution in [0.15, 0.2) is 33.4 Å². The fourth-order valence-electron chi connectivity index (χ4n) is 1.99. The van der Waals surface area contributed by atoms with E-state index in [1.807, 2.05) is 12.1 Å². The van der Waals surface area contributed by atoms with Crippen molar-refractivity contribution < 1.29 is 13.9 Å². The molecule has 0 atom stereocenters. The maximum Gasteiger partial charge on any atom is 0.360 e. The Balaban J connectivity index is 2.04. The first-order valence-corrected chi connectivity index (χ1v) is 7.17. The van der Waals surface area contributed by atoms with Gasteiger partial charge in [-0.15, -0.1) is 0 Å². The van der Waals surface area contributed by atoms with Gasteiger partial charge in [0.15, 0.2) is 5.69 Å². The Hall–Kier alpha value is -2.15. The molecule has 0 N–H and O–H groups in total. The molecule has 0 aliphatic rings. The van der Waals surface area contributed by atoms with Crippen molar-refractivity contribution in [3.63, 3.8) is 0 Å². The standard InChI is InChI=1S/C14H12BrN3O3/c1-3-20-14(19)12-8(2)21-13(17-12)9-4-5-18-11(6-9)10(15)7-16-18/h4-7H,3H2,1-2H3. The first-order chi connectivity index (χ1) is 10.1. The minimum absolute atomic E-state index is 0.208. The minimum Gasteiger partial charge on any atom is -0.461 e. The highest BCUT2D eigenvalue weighted by atomic mass is 79.9. The summed E-state index contributed by atoms with van der Waals surface area (Å²) in [5.41, 5.74) is 1.86. The summed E-state index contributed by atoms with van der Waals surface area (Å²) in [6.07, 6.45) is 3.52. The number of rotatable bonds is 3. The largest absolute Gasteiger partial charge is 0.461 e. The SMILES string of the molecule is CCOC(=O)c1nc(-c2ccn3ncc(Br)c3c2)oc1C. The third-order valence-electron chi connectivity index (χ3n) is 2.99. The molecule has 0 unspecified atom stereocenters. The zero-order chi connectivity index (χ0) is 15.0. The van der Waals surface area contributed by atoms with E-state index in [1.54, 1.807) is 30.8 Å². The van der Waals surface area contributed by atoms with Crippen molar-refractivity contribution in [1.82, 2.24) is 14.6 Å². The number of hydrogen-bond acceptors (Lipinski definition) is 5. The van der Waals surface area contributed by atoms with Crippen LogP contribution in [0.3, 0.4) is 0 Å². The first kappa shape index (κ1) is 13.8. The molecule has 0 bridgehead atoms. The topological polar surface area (TPSA) is 69.6 Å². The molecular weight excluding hydrogens is 338 g/mol. The molecule has 0 aliphatic heterocycles. The molecule has 0 saturated carbocycles. The highest BCUT2D eigenvalue weighted by Gasteiger charge is 2.19. The number of aryl methyl sites for hydroxylation is 1. The van der Waals surface area contributed by atoms with Crippen LogP contribution in [0, 0.1) is 6.92 Å². The van der Waals surface area contributed by atoms with Gasteiger partial charge in [-0.05, 0) is 41.9 Å². The second-order valence-electron chi connectivity index (χ2n) is 4.38. The molecule has 0 radical (unpaired) electrons. The Morgan fingerprint density at radius 3 is 3.10 bits per heavy atom. The van der Waals surface area contributed by atoms with Gasteiger partial charge in [0.1, 0.15) is 5.76 Å². The summed E-state index contributed by atoms with van der Waals surface area (Å²) in [4.78, 5) is 16.0. The molecule has 3 heterocycles. The molecule has 21 heavy (non-hydrogen) atoms. The van der Waals surface area contributed by atoms with Crippen molar-refractivity contribution in [3.8, 4) is 11.5 Å². The van der Waals surface area contributed by atoms with Crippen molar-refractivity contribution >= 4 is 27.4 Å². The second kappa shape index (κ2) is 5.33. The van der Waals surface area contributed by atoms with Crippen LogP contribution < -0.4 is 0 Å². The Morgan fingerprint density at radius 1 is 1.52 bits per heavy atom.